The van der Waals surface area contributed by atoms with Crippen molar-refractivity contribution in [2.24, 2.45) is 5.92 Å². The summed E-state index contributed by atoms with van der Waals surface area (Å²) in [5, 5.41) is 16.2. The topological polar surface area (TPSA) is 70.6 Å². The maximum absolute atomic E-state index is 12.0. The minimum atomic E-state index is -0.712. The lowest BCUT2D eigenvalue weighted by Gasteiger charge is -2.22. The molecule has 6 heteroatoms. The lowest BCUT2D eigenvalue weighted by molar-refractivity contribution is -0.126. The number of carbonyl (C=O) groups is 1. The van der Waals surface area contributed by atoms with Gasteiger partial charge >= 0.3 is 0 Å². The molecular weight excluding hydrogens is 292 g/mol. The zero-order valence-corrected chi connectivity index (χ0v) is 13.0. The van der Waals surface area contributed by atoms with Crippen LogP contribution in [0.4, 0.5) is 0 Å². The van der Waals surface area contributed by atoms with E-state index in [4.69, 9.17) is 4.74 Å². The fraction of sp³-hybridized carbons (Fsp3) is 0.533. The smallest absolute Gasteiger partial charge is 0.223 e. The highest BCUT2D eigenvalue weighted by Crippen LogP contribution is 2.19. The highest BCUT2D eigenvalue weighted by atomic mass is 35.5. The molecule has 1 saturated heterocycles. The number of benzene rings is 1. The molecule has 0 spiro atoms. The van der Waals surface area contributed by atoms with Gasteiger partial charge in [0.05, 0.1) is 13.2 Å². The second-order valence-electron chi connectivity index (χ2n) is 5.06. The van der Waals surface area contributed by atoms with Crippen molar-refractivity contribution in [1.29, 1.82) is 0 Å². The number of piperidine rings is 1. The van der Waals surface area contributed by atoms with Crippen molar-refractivity contribution in [2.45, 2.75) is 18.9 Å². The van der Waals surface area contributed by atoms with Gasteiger partial charge in [-0.1, -0.05) is 12.1 Å². The summed E-state index contributed by atoms with van der Waals surface area (Å²) in [6.07, 6.45) is 1.01. The van der Waals surface area contributed by atoms with Gasteiger partial charge in [0.15, 0.2) is 0 Å². The number of methoxy groups -OCH3 is 1. The Morgan fingerprint density at radius 2 is 2.19 bits per heavy atom. The molecule has 0 aliphatic carbocycles. The highest BCUT2D eigenvalue weighted by molar-refractivity contribution is 5.85. The first-order valence-electron chi connectivity index (χ1n) is 7.01. The molecule has 1 amide bonds. The summed E-state index contributed by atoms with van der Waals surface area (Å²) >= 11 is 0. The number of hydrogen-bond donors (Lipinski definition) is 3. The molecule has 5 nitrogen and oxygen atoms in total. The van der Waals surface area contributed by atoms with Crippen LogP contribution in [0.3, 0.4) is 0 Å². The first kappa shape index (κ1) is 17.8. The van der Waals surface area contributed by atoms with Crippen LogP contribution in [0.2, 0.25) is 0 Å². The van der Waals surface area contributed by atoms with Crippen LogP contribution in [0.25, 0.3) is 0 Å². The molecule has 0 radical (unpaired) electrons. The molecule has 118 valence electrons. The summed E-state index contributed by atoms with van der Waals surface area (Å²) in [4.78, 5) is 12.0. The van der Waals surface area contributed by atoms with Gasteiger partial charge in [-0.25, -0.2) is 0 Å². The third-order valence-corrected chi connectivity index (χ3v) is 3.66. The van der Waals surface area contributed by atoms with E-state index in [9.17, 15) is 9.90 Å². The van der Waals surface area contributed by atoms with Gasteiger partial charge in [0.25, 0.3) is 0 Å². The number of carbonyl (C=O) groups excluding carboxylic acids is 1. The molecule has 21 heavy (non-hydrogen) atoms. The molecule has 1 unspecified atom stereocenters. The molecule has 0 aromatic heterocycles. The number of amides is 1. The average molecular weight is 315 g/mol. The van der Waals surface area contributed by atoms with Gasteiger partial charge in [0, 0.05) is 12.5 Å². The van der Waals surface area contributed by atoms with Crippen LogP contribution in [0.15, 0.2) is 24.3 Å². The van der Waals surface area contributed by atoms with Crippen molar-refractivity contribution < 1.29 is 14.6 Å². The molecule has 3 N–H and O–H groups in total. The predicted octanol–water partition coefficient (Wildman–Crippen LogP) is 1.27. The Hall–Kier alpha value is -1.30. The predicted molar refractivity (Wildman–Crippen MR) is 83.8 cm³/mol. The maximum atomic E-state index is 12.0. The molecule has 1 aliphatic heterocycles. The van der Waals surface area contributed by atoms with Crippen molar-refractivity contribution in [3.05, 3.63) is 29.8 Å². The summed E-state index contributed by atoms with van der Waals surface area (Å²) in [6, 6.07) is 7.25. The zero-order valence-electron chi connectivity index (χ0n) is 12.2. The van der Waals surface area contributed by atoms with Gasteiger partial charge in [-0.05, 0) is 43.6 Å². The molecule has 1 aromatic carbocycles. The Kier molecular flexibility index (Phi) is 7.50. The average Bonchev–Trinajstić information content (AvgIpc) is 2.53. The Balaban J connectivity index is 0.00000220. The van der Waals surface area contributed by atoms with Gasteiger partial charge < -0.3 is 20.5 Å². The van der Waals surface area contributed by atoms with Gasteiger partial charge in [0.1, 0.15) is 5.75 Å². The largest absolute Gasteiger partial charge is 0.497 e. The Bertz CT molecular complexity index is 450. The third-order valence-electron chi connectivity index (χ3n) is 3.66. The molecule has 2 rings (SSSR count). The van der Waals surface area contributed by atoms with Crippen molar-refractivity contribution in [2.75, 3.05) is 26.7 Å². The van der Waals surface area contributed by atoms with E-state index in [0.29, 0.717) is 5.75 Å². The van der Waals surface area contributed by atoms with Crippen molar-refractivity contribution in [3.8, 4) is 5.75 Å². The molecular formula is C15H23ClN2O3. The fourth-order valence-corrected chi connectivity index (χ4v) is 2.39. The van der Waals surface area contributed by atoms with E-state index in [0.717, 1.165) is 31.5 Å². The van der Waals surface area contributed by atoms with Gasteiger partial charge in [-0.15, -0.1) is 12.4 Å². The molecule has 0 saturated carbocycles. The van der Waals surface area contributed by atoms with E-state index >= 15 is 0 Å². The van der Waals surface area contributed by atoms with Crippen LogP contribution in [0.1, 0.15) is 24.5 Å². The highest BCUT2D eigenvalue weighted by Gasteiger charge is 2.21. The number of halogens is 1. The van der Waals surface area contributed by atoms with Crippen LogP contribution in [-0.2, 0) is 4.79 Å². The van der Waals surface area contributed by atoms with Crippen LogP contribution < -0.4 is 15.4 Å². The van der Waals surface area contributed by atoms with Crippen LogP contribution in [0, 0.1) is 5.92 Å². The van der Waals surface area contributed by atoms with Crippen LogP contribution in [-0.4, -0.2) is 37.8 Å². The van der Waals surface area contributed by atoms with Crippen molar-refractivity contribution >= 4 is 18.3 Å². The number of rotatable bonds is 5. The number of nitrogens with one attached hydrogen (secondary N) is 2. The van der Waals surface area contributed by atoms with E-state index in [-0.39, 0.29) is 30.8 Å². The number of aliphatic hydroxyl groups is 1. The maximum Gasteiger partial charge on any atom is 0.223 e. The summed E-state index contributed by atoms with van der Waals surface area (Å²) in [5.74, 6) is 0.799. The first-order chi connectivity index (χ1) is 9.70. The molecule has 1 aromatic rings. The summed E-state index contributed by atoms with van der Waals surface area (Å²) < 4.78 is 5.12. The van der Waals surface area contributed by atoms with E-state index < -0.39 is 6.10 Å². The Labute approximate surface area is 131 Å². The number of ether oxygens (including phenoxy) is 1. The monoisotopic (exact) mass is 314 g/mol. The molecule has 1 fully saturated rings. The van der Waals surface area contributed by atoms with Gasteiger partial charge in [-0.3, -0.25) is 4.79 Å². The van der Waals surface area contributed by atoms with Gasteiger partial charge in [0.2, 0.25) is 5.91 Å². The van der Waals surface area contributed by atoms with Crippen LogP contribution >= 0.6 is 12.4 Å². The van der Waals surface area contributed by atoms with E-state index in [1.54, 1.807) is 13.2 Å². The summed E-state index contributed by atoms with van der Waals surface area (Å²) in [6.45, 7) is 2.00. The Morgan fingerprint density at radius 3 is 2.86 bits per heavy atom. The third kappa shape index (κ3) is 5.19. The normalized spacial score (nSPS) is 16.7. The summed E-state index contributed by atoms with van der Waals surface area (Å²) in [7, 11) is 1.59. The standard InChI is InChI=1S/C15H22N2O3.ClH/c1-20-13-4-2-3-12(9-13)14(18)10-17-15(19)11-5-7-16-8-6-11;/h2-4,9,11,14,16,18H,5-8,10H2,1H3,(H,17,19);1H. The summed E-state index contributed by atoms with van der Waals surface area (Å²) in [5.41, 5.74) is 0.745. The van der Waals surface area contributed by atoms with Crippen molar-refractivity contribution in [1.82, 2.24) is 10.6 Å². The van der Waals surface area contributed by atoms with E-state index in [1.165, 1.54) is 0 Å². The SMILES string of the molecule is COc1cccc(C(O)CNC(=O)C2CCNCC2)c1.Cl. The van der Waals surface area contributed by atoms with E-state index in [1.807, 2.05) is 18.2 Å². The molecule has 0 bridgehead atoms. The molecule has 1 aliphatic rings. The number of aliphatic hydroxyl groups excluding tert-OH is 1. The van der Waals surface area contributed by atoms with Gasteiger partial charge in [-0.2, -0.15) is 0 Å². The lowest BCUT2D eigenvalue weighted by atomic mass is 9.97. The second kappa shape index (κ2) is 8.87. The van der Waals surface area contributed by atoms with Crippen molar-refractivity contribution in [3.63, 3.8) is 0 Å². The minimum Gasteiger partial charge on any atom is -0.497 e. The fourth-order valence-electron chi connectivity index (χ4n) is 2.39. The van der Waals surface area contributed by atoms with E-state index in [2.05, 4.69) is 10.6 Å². The number of hydrogen-bond acceptors (Lipinski definition) is 4. The molecule has 1 atom stereocenters. The quantitative estimate of drug-likeness (QED) is 0.765. The van der Waals surface area contributed by atoms with Crippen LogP contribution in [0.5, 0.6) is 5.75 Å². The zero-order chi connectivity index (χ0) is 14.4. The molecule has 1 heterocycles. The second-order valence-corrected chi connectivity index (χ2v) is 5.06. The Morgan fingerprint density at radius 1 is 1.48 bits per heavy atom. The minimum absolute atomic E-state index is 0. The lowest BCUT2D eigenvalue weighted by Crippen LogP contribution is -2.39. The first-order valence-corrected chi connectivity index (χ1v) is 7.01.